The molecule has 1 aromatic carbocycles. The van der Waals surface area contributed by atoms with Crippen molar-refractivity contribution in [2.75, 3.05) is 22.9 Å². The van der Waals surface area contributed by atoms with Crippen LogP contribution >= 0.6 is 11.6 Å². The predicted molar refractivity (Wildman–Crippen MR) is 78.1 cm³/mol. The summed E-state index contributed by atoms with van der Waals surface area (Å²) in [5.41, 5.74) is 23.8. The first-order valence-corrected chi connectivity index (χ1v) is 5.57. The van der Waals surface area contributed by atoms with Gasteiger partial charge in [-0.15, -0.1) is 0 Å². The fraction of sp³-hybridized carbons (Fsp3) is 0.0833. The topological polar surface area (TPSA) is 117 Å². The monoisotopic (exact) mass is 265 g/mol. The summed E-state index contributed by atoms with van der Waals surface area (Å²) in [5.74, 6) is 0.446. The van der Waals surface area contributed by atoms with E-state index in [1.807, 2.05) is 31.2 Å². The highest BCUT2D eigenvalue weighted by molar-refractivity contribution is 6.33. The Labute approximate surface area is 111 Å². The molecular weight excluding hydrogens is 250 g/mol. The lowest BCUT2D eigenvalue weighted by Gasteiger charge is -2.01. The Morgan fingerprint density at radius 2 is 1.56 bits per heavy atom. The fourth-order valence-corrected chi connectivity index (χ4v) is 1.34. The first kappa shape index (κ1) is 13.9. The van der Waals surface area contributed by atoms with E-state index in [4.69, 9.17) is 34.5 Å². The molecule has 0 fully saturated rings. The Morgan fingerprint density at radius 3 is 2.00 bits per heavy atom. The van der Waals surface area contributed by atoms with E-state index in [1.165, 1.54) is 11.6 Å². The largest absolute Gasteiger partial charge is 0.399 e. The molecule has 0 saturated carbocycles. The normalized spacial score (nSPS) is 9.44. The summed E-state index contributed by atoms with van der Waals surface area (Å²) in [6.07, 6.45) is 0. The van der Waals surface area contributed by atoms with Crippen molar-refractivity contribution < 1.29 is 0 Å². The Hall–Kier alpha value is -2.14. The number of nitrogens with two attached hydrogens (primary N) is 4. The molecule has 1 aromatic heterocycles. The Balaban J connectivity index is 0.000000184. The van der Waals surface area contributed by atoms with Crippen LogP contribution in [-0.4, -0.2) is 4.98 Å². The SMILES string of the molecule is Cc1ccc(N)cc1.Nc1cc(Cl)c(N)c(N)n1. The highest BCUT2D eigenvalue weighted by Crippen LogP contribution is 2.24. The Bertz CT molecular complexity index is 480. The van der Waals surface area contributed by atoms with Crippen molar-refractivity contribution in [3.8, 4) is 0 Å². The van der Waals surface area contributed by atoms with Gasteiger partial charge in [-0.25, -0.2) is 4.98 Å². The molecule has 0 aliphatic rings. The first-order valence-electron chi connectivity index (χ1n) is 5.19. The second-order valence-corrected chi connectivity index (χ2v) is 4.15. The highest BCUT2D eigenvalue weighted by atomic mass is 35.5. The van der Waals surface area contributed by atoms with Gasteiger partial charge in [0.25, 0.3) is 0 Å². The zero-order chi connectivity index (χ0) is 13.7. The van der Waals surface area contributed by atoms with Gasteiger partial charge in [0.15, 0.2) is 5.82 Å². The van der Waals surface area contributed by atoms with Crippen molar-refractivity contribution in [2.45, 2.75) is 6.92 Å². The molecule has 6 heteroatoms. The molecule has 5 nitrogen and oxygen atoms in total. The number of benzene rings is 1. The number of rotatable bonds is 0. The minimum atomic E-state index is 0.171. The van der Waals surface area contributed by atoms with Gasteiger partial charge in [-0.05, 0) is 19.1 Å². The maximum absolute atomic E-state index is 5.59. The van der Waals surface area contributed by atoms with Crippen molar-refractivity contribution in [3.63, 3.8) is 0 Å². The average molecular weight is 266 g/mol. The van der Waals surface area contributed by atoms with Crippen LogP contribution in [0.1, 0.15) is 5.56 Å². The minimum Gasteiger partial charge on any atom is -0.399 e. The van der Waals surface area contributed by atoms with Gasteiger partial charge in [0.05, 0.1) is 10.7 Å². The van der Waals surface area contributed by atoms with E-state index in [1.54, 1.807) is 0 Å². The van der Waals surface area contributed by atoms with E-state index < -0.39 is 0 Å². The number of aromatic nitrogens is 1. The lowest BCUT2D eigenvalue weighted by molar-refractivity contribution is 1.35. The second kappa shape index (κ2) is 5.97. The first-order chi connectivity index (χ1) is 8.40. The molecule has 0 bridgehead atoms. The molecule has 1 heterocycles. The summed E-state index contributed by atoms with van der Waals surface area (Å²) in [6, 6.07) is 9.24. The van der Waals surface area contributed by atoms with E-state index in [2.05, 4.69) is 4.98 Å². The number of hydrogen-bond acceptors (Lipinski definition) is 5. The maximum Gasteiger partial charge on any atom is 0.150 e. The van der Waals surface area contributed by atoms with E-state index in [0.29, 0.717) is 5.02 Å². The molecule has 0 radical (unpaired) electrons. The van der Waals surface area contributed by atoms with Crippen LogP contribution in [0.4, 0.5) is 23.0 Å². The van der Waals surface area contributed by atoms with Crippen LogP contribution in [0.2, 0.25) is 5.02 Å². The van der Waals surface area contributed by atoms with Crippen molar-refractivity contribution in [1.29, 1.82) is 0 Å². The molecule has 0 unspecified atom stereocenters. The molecule has 0 aliphatic carbocycles. The molecule has 2 rings (SSSR count). The smallest absolute Gasteiger partial charge is 0.150 e. The van der Waals surface area contributed by atoms with Gasteiger partial charge in [-0.1, -0.05) is 29.3 Å². The molecule has 18 heavy (non-hydrogen) atoms. The van der Waals surface area contributed by atoms with Crippen molar-refractivity contribution in [2.24, 2.45) is 0 Å². The highest BCUT2D eigenvalue weighted by Gasteiger charge is 2.01. The molecule has 2 aromatic rings. The summed E-state index contributed by atoms with van der Waals surface area (Å²) >= 11 is 5.59. The Morgan fingerprint density at radius 1 is 1.00 bits per heavy atom. The standard InChI is InChI=1S/C7H9N.C5H7ClN4/c1-6-2-4-7(8)5-3-6;6-2-1-3(7)10-5(9)4(2)8/h2-5H,8H2,1H3;1H,8H2,(H4,7,9,10). The fourth-order valence-electron chi connectivity index (χ4n) is 1.13. The van der Waals surface area contributed by atoms with Gasteiger partial charge in [0, 0.05) is 11.8 Å². The van der Waals surface area contributed by atoms with Gasteiger partial charge in [0.1, 0.15) is 5.82 Å². The van der Waals surface area contributed by atoms with Gasteiger partial charge < -0.3 is 22.9 Å². The van der Waals surface area contributed by atoms with Crippen LogP contribution in [0.25, 0.3) is 0 Å². The third-order valence-corrected chi connectivity index (χ3v) is 2.45. The number of halogens is 1. The van der Waals surface area contributed by atoms with Crippen LogP contribution in [0, 0.1) is 6.92 Å². The molecular formula is C12H16ClN5. The number of nitrogen functional groups attached to an aromatic ring is 4. The zero-order valence-electron chi connectivity index (χ0n) is 10.0. The average Bonchev–Trinajstić information content (AvgIpc) is 2.31. The quantitative estimate of drug-likeness (QED) is 0.544. The van der Waals surface area contributed by atoms with Gasteiger partial charge >= 0.3 is 0 Å². The van der Waals surface area contributed by atoms with E-state index >= 15 is 0 Å². The number of nitrogens with zero attached hydrogens (tertiary/aromatic N) is 1. The number of anilines is 4. The van der Waals surface area contributed by atoms with Gasteiger partial charge in [-0.2, -0.15) is 0 Å². The Kier molecular flexibility index (Phi) is 4.62. The molecule has 0 aliphatic heterocycles. The molecule has 8 N–H and O–H groups in total. The zero-order valence-corrected chi connectivity index (χ0v) is 10.8. The van der Waals surface area contributed by atoms with Crippen molar-refractivity contribution >= 4 is 34.6 Å². The molecule has 0 saturated heterocycles. The maximum atomic E-state index is 5.59. The summed E-state index contributed by atoms with van der Waals surface area (Å²) in [5, 5.41) is 0.338. The summed E-state index contributed by atoms with van der Waals surface area (Å²) in [7, 11) is 0. The summed E-state index contributed by atoms with van der Waals surface area (Å²) in [6.45, 7) is 2.04. The van der Waals surface area contributed by atoms with Crippen LogP contribution in [0.15, 0.2) is 30.3 Å². The number of aryl methyl sites for hydroxylation is 1. The van der Waals surface area contributed by atoms with Crippen LogP contribution in [-0.2, 0) is 0 Å². The van der Waals surface area contributed by atoms with E-state index in [9.17, 15) is 0 Å². The van der Waals surface area contributed by atoms with Gasteiger partial charge in [-0.3, -0.25) is 0 Å². The van der Waals surface area contributed by atoms with Gasteiger partial charge in [0.2, 0.25) is 0 Å². The van der Waals surface area contributed by atoms with Crippen molar-refractivity contribution in [1.82, 2.24) is 4.98 Å². The lowest BCUT2D eigenvalue weighted by atomic mass is 10.2. The molecule has 0 amide bonds. The van der Waals surface area contributed by atoms with Crippen LogP contribution in [0.3, 0.4) is 0 Å². The van der Waals surface area contributed by atoms with Crippen LogP contribution in [0.5, 0.6) is 0 Å². The summed E-state index contributed by atoms with van der Waals surface area (Å²) in [4.78, 5) is 3.68. The van der Waals surface area contributed by atoms with Crippen molar-refractivity contribution in [3.05, 3.63) is 40.9 Å². The second-order valence-electron chi connectivity index (χ2n) is 3.74. The third-order valence-electron chi connectivity index (χ3n) is 2.13. The van der Waals surface area contributed by atoms with Crippen LogP contribution < -0.4 is 22.9 Å². The minimum absolute atomic E-state index is 0.171. The van der Waals surface area contributed by atoms with E-state index in [0.717, 1.165) is 5.69 Å². The van der Waals surface area contributed by atoms with E-state index in [-0.39, 0.29) is 17.3 Å². The predicted octanol–water partition coefficient (Wildman–Crippen LogP) is 2.06. The number of pyridine rings is 1. The third kappa shape index (κ3) is 4.03. The number of hydrogen-bond donors (Lipinski definition) is 4. The summed E-state index contributed by atoms with van der Waals surface area (Å²) < 4.78 is 0. The molecule has 0 spiro atoms. The lowest BCUT2D eigenvalue weighted by Crippen LogP contribution is -2.01. The molecule has 0 atom stereocenters. The molecule has 96 valence electrons.